The van der Waals surface area contributed by atoms with Crippen LogP contribution in [-0.2, 0) is 11.3 Å². The summed E-state index contributed by atoms with van der Waals surface area (Å²) in [6, 6.07) is 16.9. The summed E-state index contributed by atoms with van der Waals surface area (Å²) in [5, 5.41) is 17.4. The Bertz CT molecular complexity index is 1010. The van der Waals surface area contributed by atoms with E-state index < -0.39 is 5.97 Å². The summed E-state index contributed by atoms with van der Waals surface area (Å²) in [4.78, 5) is 12.7. The molecule has 1 saturated heterocycles. The van der Waals surface area contributed by atoms with E-state index in [1.807, 2.05) is 39.9 Å². The van der Waals surface area contributed by atoms with Gasteiger partial charge in [0.2, 0.25) is 0 Å². The van der Waals surface area contributed by atoms with Crippen molar-refractivity contribution in [3.8, 4) is 16.9 Å². The molecular formula is C23H26N4O2. The SMILES string of the molecule is Cc1ccc(-c2nn(-c3ccccc3)cc2CNC2CN(CC(=O)O)C2)c(C)c1. The van der Waals surface area contributed by atoms with E-state index >= 15 is 0 Å². The lowest BCUT2D eigenvalue weighted by Gasteiger charge is -2.38. The largest absolute Gasteiger partial charge is 0.480 e. The molecule has 1 aromatic heterocycles. The average Bonchev–Trinajstić information content (AvgIpc) is 3.08. The summed E-state index contributed by atoms with van der Waals surface area (Å²) in [6.07, 6.45) is 2.09. The molecule has 2 aromatic carbocycles. The Balaban J connectivity index is 1.56. The number of hydrogen-bond acceptors (Lipinski definition) is 4. The van der Waals surface area contributed by atoms with E-state index in [1.54, 1.807) is 0 Å². The molecule has 0 unspecified atom stereocenters. The number of likely N-dealkylation sites (tertiary alicyclic amines) is 1. The second-order valence-corrected chi connectivity index (χ2v) is 7.77. The molecule has 0 bridgehead atoms. The summed E-state index contributed by atoms with van der Waals surface area (Å²) in [6.45, 7) is 6.55. The lowest BCUT2D eigenvalue weighted by Crippen LogP contribution is -2.58. The number of rotatable bonds is 7. The molecule has 0 spiro atoms. The molecule has 6 heteroatoms. The van der Waals surface area contributed by atoms with E-state index in [2.05, 4.69) is 43.6 Å². The second kappa shape index (κ2) is 8.19. The Hall–Kier alpha value is -2.96. The summed E-state index contributed by atoms with van der Waals surface area (Å²) in [5.41, 5.74) is 6.74. The molecule has 0 aliphatic carbocycles. The third-order valence-electron chi connectivity index (χ3n) is 5.35. The molecule has 0 radical (unpaired) electrons. The van der Waals surface area contributed by atoms with Gasteiger partial charge < -0.3 is 10.4 Å². The van der Waals surface area contributed by atoms with Crippen LogP contribution in [-0.4, -0.2) is 51.4 Å². The van der Waals surface area contributed by atoms with Crippen LogP contribution in [0.2, 0.25) is 0 Å². The first-order chi connectivity index (χ1) is 14.0. The zero-order valence-electron chi connectivity index (χ0n) is 16.8. The van der Waals surface area contributed by atoms with Crippen LogP contribution in [0.25, 0.3) is 16.9 Å². The number of aryl methyl sites for hydroxylation is 2. The van der Waals surface area contributed by atoms with Gasteiger partial charge in [-0.25, -0.2) is 4.68 Å². The van der Waals surface area contributed by atoms with Crippen molar-refractivity contribution >= 4 is 5.97 Å². The van der Waals surface area contributed by atoms with E-state index in [0.29, 0.717) is 12.6 Å². The molecule has 4 rings (SSSR count). The van der Waals surface area contributed by atoms with E-state index in [4.69, 9.17) is 10.2 Å². The van der Waals surface area contributed by atoms with Crippen LogP contribution >= 0.6 is 0 Å². The summed E-state index contributed by atoms with van der Waals surface area (Å²) in [5.74, 6) is -0.773. The van der Waals surface area contributed by atoms with Crippen LogP contribution in [0, 0.1) is 13.8 Å². The molecule has 150 valence electrons. The number of aromatic nitrogens is 2. The predicted molar refractivity (Wildman–Crippen MR) is 113 cm³/mol. The predicted octanol–water partition coefficient (Wildman–Crippen LogP) is 3.01. The maximum atomic E-state index is 10.8. The number of hydrogen-bond donors (Lipinski definition) is 2. The number of carboxylic acids is 1. The number of aliphatic carboxylic acids is 1. The number of nitrogens with one attached hydrogen (secondary N) is 1. The van der Waals surface area contributed by atoms with Crippen molar-refractivity contribution in [2.24, 2.45) is 0 Å². The third kappa shape index (κ3) is 4.39. The summed E-state index contributed by atoms with van der Waals surface area (Å²) < 4.78 is 1.93. The molecule has 6 nitrogen and oxygen atoms in total. The molecule has 29 heavy (non-hydrogen) atoms. The summed E-state index contributed by atoms with van der Waals surface area (Å²) >= 11 is 0. The van der Waals surface area contributed by atoms with Gasteiger partial charge in [-0.3, -0.25) is 9.69 Å². The first kappa shape index (κ1) is 19.4. The van der Waals surface area contributed by atoms with Crippen molar-refractivity contribution in [3.05, 3.63) is 71.4 Å². The van der Waals surface area contributed by atoms with Gasteiger partial charge in [-0.05, 0) is 31.5 Å². The highest BCUT2D eigenvalue weighted by Gasteiger charge is 2.28. The molecule has 1 aliphatic heterocycles. The van der Waals surface area contributed by atoms with E-state index in [9.17, 15) is 4.79 Å². The van der Waals surface area contributed by atoms with Crippen molar-refractivity contribution in [3.63, 3.8) is 0 Å². The molecule has 0 saturated carbocycles. The monoisotopic (exact) mass is 390 g/mol. The Labute approximate surface area is 170 Å². The van der Waals surface area contributed by atoms with Gasteiger partial charge >= 0.3 is 5.97 Å². The number of carbonyl (C=O) groups is 1. The molecule has 2 N–H and O–H groups in total. The highest BCUT2D eigenvalue weighted by molar-refractivity contribution is 5.69. The van der Waals surface area contributed by atoms with Gasteiger partial charge in [-0.1, -0.05) is 42.0 Å². The van der Waals surface area contributed by atoms with Crippen LogP contribution in [0.1, 0.15) is 16.7 Å². The fraction of sp³-hybridized carbons (Fsp3) is 0.304. The fourth-order valence-electron chi connectivity index (χ4n) is 3.83. The van der Waals surface area contributed by atoms with Gasteiger partial charge in [0.1, 0.15) is 0 Å². The zero-order chi connectivity index (χ0) is 20.4. The highest BCUT2D eigenvalue weighted by atomic mass is 16.4. The Morgan fingerprint density at radius 2 is 1.93 bits per heavy atom. The fourth-order valence-corrected chi connectivity index (χ4v) is 3.83. The van der Waals surface area contributed by atoms with E-state index in [0.717, 1.165) is 35.6 Å². The minimum Gasteiger partial charge on any atom is -0.480 e. The van der Waals surface area contributed by atoms with Crippen LogP contribution in [0.15, 0.2) is 54.7 Å². The molecular weight excluding hydrogens is 364 g/mol. The van der Waals surface area contributed by atoms with Gasteiger partial charge in [0.05, 0.1) is 17.9 Å². The van der Waals surface area contributed by atoms with Gasteiger partial charge in [0, 0.05) is 43.0 Å². The van der Waals surface area contributed by atoms with Crippen LogP contribution in [0.3, 0.4) is 0 Å². The van der Waals surface area contributed by atoms with Crippen LogP contribution < -0.4 is 5.32 Å². The van der Waals surface area contributed by atoms with Gasteiger partial charge in [-0.2, -0.15) is 5.10 Å². The topological polar surface area (TPSA) is 70.4 Å². The first-order valence-corrected chi connectivity index (χ1v) is 9.89. The van der Waals surface area contributed by atoms with Gasteiger partial charge in [0.25, 0.3) is 0 Å². The van der Waals surface area contributed by atoms with Crippen molar-refractivity contribution in [1.29, 1.82) is 0 Å². The standard InChI is InChI=1S/C23H26N4O2/c1-16-8-9-21(17(2)10-16)23-18(11-24-19-13-26(14-19)15-22(28)29)12-27(25-23)20-6-4-3-5-7-20/h3-10,12,19,24H,11,13-15H2,1-2H3,(H,28,29). The maximum Gasteiger partial charge on any atom is 0.317 e. The quantitative estimate of drug-likeness (QED) is 0.649. The molecule has 3 aromatic rings. The normalized spacial score (nSPS) is 14.7. The molecule has 0 amide bonds. The number of para-hydroxylation sites is 1. The Morgan fingerprint density at radius 3 is 2.62 bits per heavy atom. The van der Waals surface area contributed by atoms with Gasteiger partial charge in [-0.15, -0.1) is 0 Å². The smallest absolute Gasteiger partial charge is 0.317 e. The highest BCUT2D eigenvalue weighted by Crippen LogP contribution is 2.27. The average molecular weight is 390 g/mol. The molecule has 1 aliphatic rings. The number of carboxylic acid groups (broad SMARTS) is 1. The molecule has 0 atom stereocenters. The van der Waals surface area contributed by atoms with E-state index in [1.165, 1.54) is 11.1 Å². The minimum atomic E-state index is -0.773. The van der Waals surface area contributed by atoms with Crippen LogP contribution in [0.5, 0.6) is 0 Å². The minimum absolute atomic E-state index is 0.109. The second-order valence-electron chi connectivity index (χ2n) is 7.77. The number of benzene rings is 2. The van der Waals surface area contributed by atoms with Crippen molar-refractivity contribution in [2.45, 2.75) is 26.4 Å². The van der Waals surface area contributed by atoms with Gasteiger partial charge in [0.15, 0.2) is 0 Å². The van der Waals surface area contributed by atoms with Crippen molar-refractivity contribution in [1.82, 2.24) is 20.0 Å². The third-order valence-corrected chi connectivity index (χ3v) is 5.35. The zero-order valence-corrected chi connectivity index (χ0v) is 16.8. The maximum absolute atomic E-state index is 10.8. The lowest BCUT2D eigenvalue weighted by atomic mass is 10.0. The Morgan fingerprint density at radius 1 is 1.17 bits per heavy atom. The Kier molecular flexibility index (Phi) is 5.47. The van der Waals surface area contributed by atoms with Crippen LogP contribution in [0.4, 0.5) is 0 Å². The van der Waals surface area contributed by atoms with Crippen molar-refractivity contribution < 1.29 is 9.90 Å². The first-order valence-electron chi connectivity index (χ1n) is 9.89. The molecule has 1 fully saturated rings. The lowest BCUT2D eigenvalue weighted by molar-refractivity contribution is -0.139. The molecule has 2 heterocycles. The number of nitrogens with zero attached hydrogens (tertiary/aromatic N) is 3. The van der Waals surface area contributed by atoms with Crippen molar-refractivity contribution in [2.75, 3.05) is 19.6 Å². The summed E-state index contributed by atoms with van der Waals surface area (Å²) in [7, 11) is 0. The van der Waals surface area contributed by atoms with E-state index in [-0.39, 0.29) is 6.54 Å².